The Labute approximate surface area is 58.2 Å². The van der Waals surface area contributed by atoms with Crippen LogP contribution < -0.4 is 11.1 Å². The lowest BCUT2D eigenvalue weighted by Crippen LogP contribution is -2.31. The van der Waals surface area contributed by atoms with Gasteiger partial charge in [0.25, 0.3) is 0 Å². The van der Waals surface area contributed by atoms with Crippen LogP contribution in [0.25, 0.3) is 0 Å². The fraction of sp³-hybridized carbons (Fsp3) is 0.200. The molecule has 0 saturated carbocycles. The van der Waals surface area contributed by atoms with Crippen molar-refractivity contribution in [3.63, 3.8) is 0 Å². The quantitative estimate of drug-likeness (QED) is 0.447. The van der Waals surface area contributed by atoms with E-state index in [1.807, 2.05) is 0 Å². The molecule has 0 bridgehead atoms. The summed E-state index contributed by atoms with van der Waals surface area (Å²) in [4.78, 5) is 20.3. The van der Waals surface area contributed by atoms with E-state index in [4.69, 9.17) is 5.73 Å². The molecular weight excluding hydrogens is 136 g/mol. The molecule has 0 aliphatic rings. The summed E-state index contributed by atoms with van der Waals surface area (Å²) in [6.45, 7) is 3.04. The van der Waals surface area contributed by atoms with E-state index < -0.39 is 11.8 Å². The van der Waals surface area contributed by atoms with Crippen LogP contribution in [0.4, 0.5) is 0 Å². The van der Waals surface area contributed by atoms with E-state index in [1.54, 1.807) is 0 Å². The first-order chi connectivity index (χ1) is 4.16. The molecule has 0 unspecified atom stereocenters. The Kier molecular flexibility index (Phi) is 6.60. The van der Waals surface area contributed by atoms with E-state index in [1.165, 1.54) is 0 Å². The molecule has 0 spiro atoms. The molecule has 5 N–H and O–H groups in total. The molecule has 10 heavy (non-hydrogen) atoms. The summed E-state index contributed by atoms with van der Waals surface area (Å²) in [6, 6.07) is 0. The highest BCUT2D eigenvalue weighted by molar-refractivity contribution is 5.90. The van der Waals surface area contributed by atoms with Crippen molar-refractivity contribution in [2.24, 2.45) is 5.73 Å². The van der Waals surface area contributed by atoms with Gasteiger partial charge in [-0.05, 0) is 6.08 Å². The average Bonchev–Trinajstić information content (AvgIpc) is 1.83. The molecule has 0 aromatic heterocycles. The number of carbonyl (C=O) groups excluding carboxylic acids is 2. The highest BCUT2D eigenvalue weighted by Crippen LogP contribution is 1.63. The second-order valence-electron chi connectivity index (χ2n) is 1.39. The summed E-state index contributed by atoms with van der Waals surface area (Å²) in [6.07, 6.45) is 1.07. The minimum atomic E-state index is -0.565. The van der Waals surface area contributed by atoms with Crippen molar-refractivity contribution in [1.82, 2.24) is 5.32 Å². The van der Waals surface area contributed by atoms with Gasteiger partial charge in [0.1, 0.15) is 0 Å². The fourth-order valence-electron chi connectivity index (χ4n) is 0.246. The normalized spacial score (nSPS) is 7.20. The smallest absolute Gasteiger partial charge is 0.243 e. The van der Waals surface area contributed by atoms with Gasteiger partial charge in [0.15, 0.2) is 0 Å². The third-order valence-electron chi connectivity index (χ3n) is 0.622. The van der Waals surface area contributed by atoms with E-state index in [0.29, 0.717) is 0 Å². The van der Waals surface area contributed by atoms with Crippen LogP contribution in [0.2, 0.25) is 0 Å². The molecule has 0 aliphatic carbocycles. The first-order valence-electron chi connectivity index (χ1n) is 2.35. The number of hydrogen-bond donors (Lipinski definition) is 2. The van der Waals surface area contributed by atoms with Gasteiger partial charge < -0.3 is 16.5 Å². The highest BCUT2D eigenvalue weighted by Gasteiger charge is 1.94. The number of primary amides is 1. The largest absolute Gasteiger partial charge is 0.412 e. The van der Waals surface area contributed by atoms with Crippen molar-refractivity contribution in [2.75, 3.05) is 6.54 Å². The Bertz CT molecular complexity index is 144. The lowest BCUT2D eigenvalue weighted by atomic mass is 10.5. The second kappa shape index (κ2) is 5.77. The summed E-state index contributed by atoms with van der Waals surface area (Å²) in [5.74, 6) is -0.959. The molecule has 0 aliphatic heterocycles. The number of nitrogens with two attached hydrogens (primary N) is 1. The topological polar surface area (TPSA) is 104 Å². The van der Waals surface area contributed by atoms with Gasteiger partial charge in [-0.15, -0.1) is 0 Å². The zero-order valence-electron chi connectivity index (χ0n) is 5.39. The maximum Gasteiger partial charge on any atom is 0.243 e. The highest BCUT2D eigenvalue weighted by atomic mass is 16.2. The Morgan fingerprint density at radius 2 is 2.10 bits per heavy atom. The monoisotopic (exact) mass is 146 g/mol. The SMILES string of the molecule is C=CC(=O)NCC(N)=O.O. The molecule has 0 radical (unpaired) electrons. The first kappa shape index (κ1) is 11.4. The standard InChI is InChI=1S/C5H8N2O2.H2O/c1-2-5(9)7-3-4(6)8;/h2H,1,3H2,(H2,6,8)(H,7,9);1H2. The van der Waals surface area contributed by atoms with E-state index in [-0.39, 0.29) is 12.0 Å². The van der Waals surface area contributed by atoms with Crippen molar-refractivity contribution in [1.29, 1.82) is 0 Å². The number of nitrogens with one attached hydrogen (secondary N) is 1. The van der Waals surface area contributed by atoms with Crippen molar-refractivity contribution < 1.29 is 15.1 Å². The Balaban J connectivity index is 0. The average molecular weight is 146 g/mol. The third kappa shape index (κ3) is 6.64. The number of amides is 2. The van der Waals surface area contributed by atoms with Crippen LogP contribution >= 0.6 is 0 Å². The van der Waals surface area contributed by atoms with Gasteiger partial charge in [-0.3, -0.25) is 9.59 Å². The van der Waals surface area contributed by atoms with Gasteiger partial charge in [0, 0.05) is 0 Å². The van der Waals surface area contributed by atoms with Gasteiger partial charge in [0.05, 0.1) is 6.54 Å². The Morgan fingerprint density at radius 3 is 2.40 bits per heavy atom. The van der Waals surface area contributed by atoms with E-state index >= 15 is 0 Å². The van der Waals surface area contributed by atoms with Crippen LogP contribution in [0.15, 0.2) is 12.7 Å². The van der Waals surface area contributed by atoms with Crippen molar-refractivity contribution in [2.45, 2.75) is 0 Å². The molecule has 0 fully saturated rings. The molecule has 5 nitrogen and oxygen atoms in total. The summed E-state index contributed by atoms with van der Waals surface area (Å²) in [5.41, 5.74) is 4.71. The molecule has 0 saturated heterocycles. The van der Waals surface area contributed by atoms with Crippen molar-refractivity contribution >= 4 is 11.8 Å². The number of hydrogen-bond acceptors (Lipinski definition) is 2. The number of rotatable bonds is 3. The molecule has 5 heteroatoms. The summed E-state index contributed by atoms with van der Waals surface area (Å²) in [5, 5.41) is 2.20. The van der Waals surface area contributed by atoms with Crippen molar-refractivity contribution in [3.8, 4) is 0 Å². The van der Waals surface area contributed by atoms with Gasteiger partial charge in [-0.2, -0.15) is 0 Å². The Hall–Kier alpha value is -1.36. The predicted octanol–water partition coefficient (Wildman–Crippen LogP) is -2.05. The maximum absolute atomic E-state index is 10.3. The van der Waals surface area contributed by atoms with Crippen LogP contribution in [-0.2, 0) is 9.59 Å². The maximum atomic E-state index is 10.3. The molecule has 0 heterocycles. The van der Waals surface area contributed by atoms with Gasteiger partial charge in [0.2, 0.25) is 11.8 Å². The lowest BCUT2D eigenvalue weighted by molar-refractivity contribution is -0.122. The van der Waals surface area contributed by atoms with Crippen LogP contribution in [-0.4, -0.2) is 23.8 Å². The van der Waals surface area contributed by atoms with Crippen LogP contribution in [0.5, 0.6) is 0 Å². The fourth-order valence-corrected chi connectivity index (χ4v) is 0.246. The third-order valence-corrected chi connectivity index (χ3v) is 0.622. The van der Waals surface area contributed by atoms with Gasteiger partial charge in [-0.25, -0.2) is 0 Å². The molecular formula is C5H10N2O3. The van der Waals surface area contributed by atoms with Crippen LogP contribution in [0, 0.1) is 0 Å². The summed E-state index contributed by atoms with van der Waals surface area (Å²) >= 11 is 0. The van der Waals surface area contributed by atoms with Crippen LogP contribution in [0.1, 0.15) is 0 Å². The van der Waals surface area contributed by atoms with Gasteiger partial charge >= 0.3 is 0 Å². The number of carbonyl (C=O) groups is 2. The second-order valence-corrected chi connectivity index (χ2v) is 1.39. The predicted molar refractivity (Wildman–Crippen MR) is 36.0 cm³/mol. The van der Waals surface area contributed by atoms with E-state index in [0.717, 1.165) is 6.08 Å². The zero-order valence-corrected chi connectivity index (χ0v) is 5.39. The summed E-state index contributed by atoms with van der Waals surface area (Å²) < 4.78 is 0. The van der Waals surface area contributed by atoms with Crippen LogP contribution in [0.3, 0.4) is 0 Å². The zero-order chi connectivity index (χ0) is 7.28. The minimum absolute atomic E-state index is 0. The first-order valence-corrected chi connectivity index (χ1v) is 2.35. The lowest BCUT2D eigenvalue weighted by Gasteiger charge is -1.94. The Morgan fingerprint density at radius 1 is 1.60 bits per heavy atom. The molecule has 58 valence electrons. The van der Waals surface area contributed by atoms with E-state index in [2.05, 4.69) is 11.9 Å². The molecule has 0 aromatic rings. The molecule has 0 rings (SSSR count). The van der Waals surface area contributed by atoms with Gasteiger partial charge in [-0.1, -0.05) is 6.58 Å². The summed E-state index contributed by atoms with van der Waals surface area (Å²) in [7, 11) is 0. The minimum Gasteiger partial charge on any atom is -0.412 e. The van der Waals surface area contributed by atoms with Crippen molar-refractivity contribution in [3.05, 3.63) is 12.7 Å². The van der Waals surface area contributed by atoms with E-state index in [9.17, 15) is 9.59 Å². The molecule has 0 aromatic carbocycles. The molecule has 2 amide bonds. The molecule has 0 atom stereocenters.